The van der Waals surface area contributed by atoms with Crippen molar-refractivity contribution in [3.05, 3.63) is 12.3 Å². The van der Waals surface area contributed by atoms with E-state index in [-0.39, 0.29) is 11.8 Å². The predicted octanol–water partition coefficient (Wildman–Crippen LogP) is -0.678. The molecule has 0 aliphatic carbocycles. The monoisotopic (exact) mass is 212 g/mol. The van der Waals surface area contributed by atoms with Gasteiger partial charge in [-0.3, -0.25) is 14.5 Å². The first-order chi connectivity index (χ1) is 7.02. The molecule has 6 heteroatoms. The molecule has 1 rings (SSSR count). The van der Waals surface area contributed by atoms with Gasteiger partial charge in [0.2, 0.25) is 5.91 Å². The molecule has 1 atom stereocenters. The Morgan fingerprint density at radius 3 is 2.87 bits per heavy atom. The summed E-state index contributed by atoms with van der Waals surface area (Å²) >= 11 is 0. The van der Waals surface area contributed by atoms with Gasteiger partial charge in [-0.15, -0.1) is 0 Å². The summed E-state index contributed by atoms with van der Waals surface area (Å²) in [5.41, 5.74) is 0. The highest BCUT2D eigenvalue weighted by Gasteiger charge is 2.30. The molecule has 0 saturated carbocycles. The van der Waals surface area contributed by atoms with Crippen LogP contribution in [-0.4, -0.2) is 40.9 Å². The Hall–Kier alpha value is -1.85. The minimum Gasteiger partial charge on any atom is -0.478 e. The number of carbonyl (C=O) groups is 3. The van der Waals surface area contributed by atoms with Gasteiger partial charge in [-0.05, 0) is 6.42 Å². The van der Waals surface area contributed by atoms with Crippen molar-refractivity contribution in [3.63, 3.8) is 0 Å². The number of hydrogen-bond donors (Lipinski definition) is 2. The summed E-state index contributed by atoms with van der Waals surface area (Å²) in [6, 6.07) is -0.511. The van der Waals surface area contributed by atoms with E-state index in [0.717, 1.165) is 11.0 Å². The quantitative estimate of drug-likeness (QED) is 0.478. The third kappa shape index (κ3) is 2.80. The van der Waals surface area contributed by atoms with Crippen LogP contribution in [0.1, 0.15) is 12.8 Å². The zero-order valence-electron chi connectivity index (χ0n) is 8.27. The molecule has 15 heavy (non-hydrogen) atoms. The van der Waals surface area contributed by atoms with Gasteiger partial charge in [-0.2, -0.15) is 0 Å². The van der Waals surface area contributed by atoms with Gasteiger partial charge in [0.05, 0.1) is 0 Å². The van der Waals surface area contributed by atoms with Crippen molar-refractivity contribution in [2.24, 2.45) is 0 Å². The predicted molar refractivity (Wildman–Crippen MR) is 50.7 cm³/mol. The van der Waals surface area contributed by atoms with Crippen LogP contribution >= 0.6 is 0 Å². The van der Waals surface area contributed by atoms with E-state index in [4.69, 9.17) is 5.11 Å². The maximum Gasteiger partial charge on any atom is 0.329 e. The van der Waals surface area contributed by atoms with E-state index in [0.29, 0.717) is 12.8 Å². The molecule has 2 N–H and O–H groups in total. The molecule has 0 aromatic rings. The van der Waals surface area contributed by atoms with Crippen LogP contribution in [0.15, 0.2) is 12.3 Å². The minimum atomic E-state index is -1.09. The van der Waals surface area contributed by atoms with Crippen LogP contribution in [0.5, 0.6) is 0 Å². The van der Waals surface area contributed by atoms with E-state index in [9.17, 15) is 14.4 Å². The Bertz CT molecular complexity index is 324. The third-order valence-corrected chi connectivity index (χ3v) is 2.17. The molecule has 1 unspecified atom stereocenters. The van der Waals surface area contributed by atoms with Gasteiger partial charge in [0, 0.05) is 25.7 Å². The molecule has 1 aliphatic heterocycles. The van der Waals surface area contributed by atoms with E-state index in [1.54, 1.807) is 0 Å². The molecule has 2 amide bonds. The van der Waals surface area contributed by atoms with Crippen molar-refractivity contribution < 1.29 is 19.5 Å². The van der Waals surface area contributed by atoms with Crippen LogP contribution in [-0.2, 0) is 14.4 Å². The Balaban J connectivity index is 2.53. The van der Waals surface area contributed by atoms with Crippen molar-refractivity contribution in [1.82, 2.24) is 10.2 Å². The average Bonchev–Trinajstić information content (AvgIpc) is 2.18. The van der Waals surface area contributed by atoms with Gasteiger partial charge < -0.3 is 10.4 Å². The van der Waals surface area contributed by atoms with Gasteiger partial charge in [0.25, 0.3) is 5.91 Å². The molecule has 0 aromatic carbocycles. The van der Waals surface area contributed by atoms with Gasteiger partial charge in [0.15, 0.2) is 0 Å². The highest BCUT2D eigenvalue weighted by Crippen LogP contribution is 2.10. The highest BCUT2D eigenvalue weighted by molar-refractivity contribution is 6.00. The van der Waals surface area contributed by atoms with Crippen LogP contribution in [0.3, 0.4) is 0 Å². The number of nitrogens with one attached hydrogen (secondary N) is 1. The van der Waals surface area contributed by atoms with Crippen LogP contribution in [0.2, 0.25) is 0 Å². The Kier molecular flexibility index (Phi) is 3.43. The average molecular weight is 212 g/mol. The van der Waals surface area contributed by atoms with Crippen molar-refractivity contribution in [3.8, 4) is 0 Å². The number of rotatable bonds is 3. The summed E-state index contributed by atoms with van der Waals surface area (Å²) in [5.74, 6) is -1.63. The topological polar surface area (TPSA) is 86.7 Å². The number of imide groups is 1. The smallest absolute Gasteiger partial charge is 0.329 e. The Morgan fingerprint density at radius 1 is 1.60 bits per heavy atom. The molecule has 1 fully saturated rings. The largest absolute Gasteiger partial charge is 0.478 e. The molecule has 0 radical (unpaired) electrons. The lowest BCUT2D eigenvalue weighted by atomic mass is 10.1. The van der Waals surface area contributed by atoms with Crippen molar-refractivity contribution >= 4 is 17.8 Å². The summed E-state index contributed by atoms with van der Waals surface area (Å²) in [5, 5.41) is 11.0. The summed E-state index contributed by atoms with van der Waals surface area (Å²) in [6.07, 6.45) is 2.80. The van der Waals surface area contributed by atoms with Crippen LogP contribution in [0, 0.1) is 0 Å². The third-order valence-electron chi connectivity index (χ3n) is 2.17. The van der Waals surface area contributed by atoms with Crippen LogP contribution < -0.4 is 5.32 Å². The first-order valence-corrected chi connectivity index (χ1v) is 4.48. The summed E-state index contributed by atoms with van der Waals surface area (Å²) in [4.78, 5) is 33.8. The zero-order valence-corrected chi connectivity index (χ0v) is 8.27. The number of carboxylic acids is 1. The highest BCUT2D eigenvalue weighted by atomic mass is 16.4. The molecule has 82 valence electrons. The van der Waals surface area contributed by atoms with E-state index in [1.165, 1.54) is 13.2 Å². The molecule has 0 aromatic heterocycles. The number of piperidine rings is 1. The van der Waals surface area contributed by atoms with Crippen LogP contribution in [0.25, 0.3) is 0 Å². The van der Waals surface area contributed by atoms with Crippen LogP contribution in [0.4, 0.5) is 0 Å². The number of nitrogens with zero attached hydrogens (tertiary/aromatic N) is 1. The lowest BCUT2D eigenvalue weighted by Crippen LogP contribution is -2.50. The molecular weight excluding hydrogens is 200 g/mol. The lowest BCUT2D eigenvalue weighted by molar-refractivity contribution is -0.147. The molecule has 1 heterocycles. The van der Waals surface area contributed by atoms with Gasteiger partial charge >= 0.3 is 5.97 Å². The number of hydrogen-bond acceptors (Lipinski definition) is 4. The zero-order chi connectivity index (χ0) is 11.4. The maximum atomic E-state index is 11.5. The lowest BCUT2D eigenvalue weighted by Gasteiger charge is -2.27. The number of amides is 2. The first-order valence-electron chi connectivity index (χ1n) is 4.48. The minimum absolute atomic E-state index is 0.208. The summed E-state index contributed by atoms with van der Waals surface area (Å²) < 4.78 is 0. The van der Waals surface area contributed by atoms with Gasteiger partial charge in [0.1, 0.15) is 6.04 Å². The number of likely N-dealkylation sites (N-methyl/N-ethyl adjacent to an activating group) is 1. The second kappa shape index (κ2) is 4.59. The van der Waals surface area contributed by atoms with E-state index in [1.807, 2.05) is 0 Å². The van der Waals surface area contributed by atoms with E-state index >= 15 is 0 Å². The molecule has 0 spiro atoms. The SMILES string of the molecule is CN1C(=O)CCC(N/C=C/C(=O)O)C1=O. The molecule has 0 bridgehead atoms. The Morgan fingerprint density at radius 2 is 2.27 bits per heavy atom. The number of likely N-dealkylation sites (tertiary alicyclic amines) is 1. The molecule has 1 aliphatic rings. The van der Waals surface area contributed by atoms with E-state index < -0.39 is 12.0 Å². The van der Waals surface area contributed by atoms with Gasteiger partial charge in [-0.25, -0.2) is 4.79 Å². The maximum absolute atomic E-state index is 11.5. The second-order valence-electron chi connectivity index (χ2n) is 3.22. The van der Waals surface area contributed by atoms with Crippen molar-refractivity contribution in [1.29, 1.82) is 0 Å². The molecule has 1 saturated heterocycles. The van der Waals surface area contributed by atoms with Crippen molar-refractivity contribution in [2.45, 2.75) is 18.9 Å². The fraction of sp³-hybridized carbons (Fsp3) is 0.444. The summed E-state index contributed by atoms with van der Waals surface area (Å²) in [6.45, 7) is 0. The fourth-order valence-electron chi connectivity index (χ4n) is 1.31. The molecule has 6 nitrogen and oxygen atoms in total. The van der Waals surface area contributed by atoms with Crippen molar-refractivity contribution in [2.75, 3.05) is 7.05 Å². The number of carbonyl (C=O) groups excluding carboxylic acids is 2. The molecular formula is C9H12N2O4. The fourth-order valence-corrected chi connectivity index (χ4v) is 1.31. The standard InChI is InChI=1S/C9H12N2O4/c1-11-7(12)3-2-6(9(11)15)10-5-4-8(13)14/h4-6,10H,2-3H2,1H3,(H,13,14)/b5-4+. The first kappa shape index (κ1) is 11.2. The van der Waals surface area contributed by atoms with E-state index in [2.05, 4.69) is 5.32 Å². The second-order valence-corrected chi connectivity index (χ2v) is 3.22. The number of aliphatic carboxylic acids is 1. The summed E-state index contributed by atoms with van der Waals surface area (Å²) in [7, 11) is 1.42. The normalized spacial score (nSPS) is 22.2. The number of carboxylic acid groups (broad SMARTS) is 1. The van der Waals surface area contributed by atoms with Gasteiger partial charge in [-0.1, -0.05) is 0 Å². The Labute approximate surface area is 86.6 Å².